The lowest BCUT2D eigenvalue weighted by atomic mass is 9.78. The lowest BCUT2D eigenvalue weighted by molar-refractivity contribution is -0.265. The Balaban J connectivity index is 1.70. The smallest absolute Gasteiger partial charge is 0.329 e. The number of carbonyl (C=O) groups is 5. The fourth-order valence-electron chi connectivity index (χ4n) is 10.1. The van der Waals surface area contributed by atoms with Gasteiger partial charge in [-0.05, 0) is 107 Å². The van der Waals surface area contributed by atoms with E-state index in [2.05, 4.69) is 0 Å². The SMILES string of the molecule is CO[C@H]1C[C@@H]2CC[C@@H](C)[C@@](O)(O2)C(=O)C(=O)N2CCCC[C@H]2C(=O)O[C@H]([C@H](C)C[C@H]2CC[C@@H](O)[C@H](OC)C2)CC(=O)[C@H](C)/C=C(/C)[C@@H](O)[C@@H](OC)C(=O)[C@H](C)C[C@H](C)/C=C\C=CC=C1C. The van der Waals surface area contributed by atoms with E-state index in [1.54, 1.807) is 41.1 Å². The molecular formula is C51H79NO13. The first-order valence-corrected chi connectivity index (χ1v) is 23.9. The number of nitrogens with zero attached hydrogens (tertiary/aromatic N) is 1. The van der Waals surface area contributed by atoms with Crippen molar-refractivity contribution in [3.8, 4) is 0 Å². The van der Waals surface area contributed by atoms with Crippen molar-refractivity contribution in [3.63, 3.8) is 0 Å². The van der Waals surface area contributed by atoms with Gasteiger partial charge >= 0.3 is 5.97 Å². The Kier molecular flexibility index (Phi) is 21.0. The molecule has 366 valence electrons. The maximum atomic E-state index is 14.4. The highest BCUT2D eigenvalue weighted by Gasteiger charge is 2.53. The Morgan fingerprint density at radius 3 is 2.25 bits per heavy atom. The van der Waals surface area contributed by atoms with Crippen LogP contribution in [-0.4, -0.2) is 132 Å². The summed E-state index contributed by atoms with van der Waals surface area (Å²) in [6, 6.07) is -1.14. The largest absolute Gasteiger partial charge is 0.460 e. The van der Waals surface area contributed by atoms with E-state index in [9.17, 15) is 39.3 Å². The molecule has 14 nitrogen and oxygen atoms in total. The first-order chi connectivity index (χ1) is 30.7. The molecule has 1 amide bonds. The summed E-state index contributed by atoms with van der Waals surface area (Å²) < 4.78 is 29.4. The number of Topliss-reactive ketones (excluding diaryl/α,β-unsaturated/α-hetero) is 3. The maximum absolute atomic E-state index is 14.4. The first-order valence-electron chi connectivity index (χ1n) is 23.9. The van der Waals surface area contributed by atoms with E-state index in [1.807, 2.05) is 58.1 Å². The second-order valence-electron chi connectivity index (χ2n) is 19.6. The average molecular weight is 914 g/mol. The molecule has 14 heteroatoms. The molecule has 3 fully saturated rings. The van der Waals surface area contributed by atoms with Crippen LogP contribution >= 0.6 is 0 Å². The summed E-state index contributed by atoms with van der Waals surface area (Å²) in [5.74, 6) is -7.96. The number of aliphatic hydroxyl groups excluding tert-OH is 2. The minimum Gasteiger partial charge on any atom is -0.460 e. The van der Waals surface area contributed by atoms with Crippen LogP contribution in [0.5, 0.6) is 0 Å². The predicted octanol–water partition coefficient (Wildman–Crippen LogP) is 6.18. The van der Waals surface area contributed by atoms with E-state index in [0.717, 1.165) is 12.0 Å². The standard InChI is InChI=1S/C51H79NO13/c1-30-16-12-11-13-17-31(2)42(61-8)28-38-21-19-36(7)51(60,65-38)48(57)49(58)52-23-15-14-18-39(52)50(59)64-43(33(4)26-37-20-22-40(53)44(27-37)62-9)29-41(54)32(3)25-35(6)46(56)47(63-10)45(55)34(5)24-30/h11-13,16-17,25,30,32-34,36-40,42-44,46-47,53,56,60H,14-15,18-24,26-29H2,1-10H3/b13-11?,16-12-,31-17?,35-25-/t30-,32-,33-,34-,36-,37-,38+,39+,40-,42+,43+,44-,46-,47+,51-/m1/s1. The van der Waals surface area contributed by atoms with E-state index in [0.29, 0.717) is 63.4 Å². The third-order valence-corrected chi connectivity index (χ3v) is 14.5. The van der Waals surface area contributed by atoms with Crippen molar-refractivity contribution in [3.05, 3.63) is 47.6 Å². The lowest BCUT2D eigenvalue weighted by Gasteiger charge is -2.42. The van der Waals surface area contributed by atoms with Gasteiger partial charge in [-0.3, -0.25) is 19.2 Å². The summed E-state index contributed by atoms with van der Waals surface area (Å²) in [6.45, 7) is 12.7. The van der Waals surface area contributed by atoms with E-state index < -0.39 is 83.9 Å². The molecule has 2 bridgehead atoms. The number of cyclic esters (lactones) is 1. The van der Waals surface area contributed by atoms with Crippen LogP contribution < -0.4 is 0 Å². The summed E-state index contributed by atoms with van der Waals surface area (Å²) in [7, 11) is 4.52. The number of allylic oxidation sites excluding steroid dienone is 6. The molecule has 3 N–H and O–H groups in total. The number of piperidine rings is 1. The van der Waals surface area contributed by atoms with Crippen molar-refractivity contribution < 1.29 is 63.0 Å². The fraction of sp³-hybridized carbons (Fsp3) is 0.745. The third-order valence-electron chi connectivity index (χ3n) is 14.5. The van der Waals surface area contributed by atoms with Crippen molar-refractivity contribution in [1.82, 2.24) is 4.90 Å². The number of rotatable bonds is 6. The molecule has 3 aliphatic heterocycles. The van der Waals surface area contributed by atoms with E-state index in [1.165, 1.54) is 12.0 Å². The van der Waals surface area contributed by atoms with Gasteiger partial charge in [-0.15, -0.1) is 0 Å². The molecule has 3 heterocycles. The minimum absolute atomic E-state index is 0.0193. The van der Waals surface area contributed by atoms with Crippen molar-refractivity contribution >= 4 is 29.2 Å². The van der Waals surface area contributed by atoms with Gasteiger partial charge in [0.05, 0.1) is 24.4 Å². The number of methoxy groups -OCH3 is 3. The topological polar surface area (TPSA) is 195 Å². The molecule has 0 aromatic carbocycles. The van der Waals surface area contributed by atoms with Crippen molar-refractivity contribution in [1.29, 1.82) is 0 Å². The Morgan fingerprint density at radius 1 is 0.846 bits per heavy atom. The van der Waals surface area contributed by atoms with Crippen LogP contribution in [-0.2, 0) is 47.7 Å². The van der Waals surface area contributed by atoms with E-state index in [4.69, 9.17) is 23.7 Å². The highest BCUT2D eigenvalue weighted by molar-refractivity contribution is 6.39. The molecule has 65 heavy (non-hydrogen) atoms. The molecule has 1 aliphatic carbocycles. The van der Waals surface area contributed by atoms with Crippen molar-refractivity contribution in [2.45, 2.75) is 180 Å². The third kappa shape index (κ3) is 14.3. The number of esters is 1. The Bertz CT molecular complexity index is 1760. The highest BCUT2D eigenvalue weighted by Crippen LogP contribution is 2.38. The van der Waals surface area contributed by atoms with Crippen LogP contribution in [0.3, 0.4) is 0 Å². The summed E-state index contributed by atoms with van der Waals surface area (Å²) >= 11 is 0. The maximum Gasteiger partial charge on any atom is 0.329 e. The van der Waals surface area contributed by atoms with Gasteiger partial charge in [0.2, 0.25) is 5.79 Å². The first kappa shape index (κ1) is 54.2. The van der Waals surface area contributed by atoms with Crippen LogP contribution in [0.15, 0.2) is 47.6 Å². The molecule has 4 rings (SSSR count). The van der Waals surface area contributed by atoms with Gasteiger partial charge in [0.1, 0.15) is 30.1 Å². The number of carbonyl (C=O) groups excluding carboxylic acids is 5. The molecule has 0 aromatic heterocycles. The monoisotopic (exact) mass is 914 g/mol. The van der Waals surface area contributed by atoms with Gasteiger partial charge in [-0.25, -0.2) is 4.79 Å². The second-order valence-corrected chi connectivity index (χ2v) is 19.6. The number of hydrogen-bond acceptors (Lipinski definition) is 13. The molecule has 0 radical (unpaired) electrons. The van der Waals surface area contributed by atoms with Gasteiger partial charge in [-0.1, -0.05) is 71.1 Å². The second kappa shape index (κ2) is 25.1. The zero-order chi connectivity index (χ0) is 48.2. The number of fused-ring (bicyclic) bond motifs is 3. The van der Waals surface area contributed by atoms with Crippen molar-refractivity contribution in [2.75, 3.05) is 27.9 Å². The lowest BCUT2D eigenvalue weighted by Crippen LogP contribution is -2.61. The number of ketones is 3. The van der Waals surface area contributed by atoms with Gasteiger partial charge in [0.25, 0.3) is 11.7 Å². The van der Waals surface area contributed by atoms with Crippen LogP contribution in [0, 0.1) is 35.5 Å². The number of ether oxygens (including phenoxy) is 5. The zero-order valence-electron chi connectivity index (χ0n) is 40.6. The molecular weight excluding hydrogens is 835 g/mol. The predicted molar refractivity (Wildman–Crippen MR) is 245 cm³/mol. The number of amides is 1. The van der Waals surface area contributed by atoms with E-state index >= 15 is 0 Å². The zero-order valence-corrected chi connectivity index (χ0v) is 40.6. The molecule has 0 unspecified atom stereocenters. The van der Waals surface area contributed by atoms with Gasteiger partial charge in [0, 0.05) is 58.5 Å². The fourth-order valence-corrected chi connectivity index (χ4v) is 10.1. The summed E-state index contributed by atoms with van der Waals surface area (Å²) in [4.78, 5) is 71.8. The Hall–Kier alpha value is -3.37. The molecule has 0 aromatic rings. The Morgan fingerprint density at radius 2 is 1.57 bits per heavy atom. The van der Waals surface area contributed by atoms with Crippen LogP contribution in [0.4, 0.5) is 0 Å². The van der Waals surface area contributed by atoms with Gasteiger partial charge in [0.15, 0.2) is 5.78 Å². The number of aliphatic hydroxyl groups is 3. The Labute approximate surface area is 387 Å². The van der Waals surface area contributed by atoms with Crippen LogP contribution in [0.25, 0.3) is 0 Å². The average Bonchev–Trinajstić information content (AvgIpc) is 3.28. The molecule has 15 atom stereocenters. The highest BCUT2D eigenvalue weighted by atomic mass is 16.6. The molecule has 0 spiro atoms. The number of hydrogen-bond donors (Lipinski definition) is 3. The summed E-state index contributed by atoms with van der Waals surface area (Å²) in [6.07, 6.45) is 11.2. The normalized spacial score (nSPS) is 39.1. The van der Waals surface area contributed by atoms with Crippen LogP contribution in [0.2, 0.25) is 0 Å². The summed E-state index contributed by atoms with van der Waals surface area (Å²) in [5.41, 5.74) is 1.27. The quantitative estimate of drug-likeness (QED) is 0.156. The van der Waals surface area contributed by atoms with Crippen molar-refractivity contribution in [2.24, 2.45) is 35.5 Å². The minimum atomic E-state index is -2.43. The summed E-state index contributed by atoms with van der Waals surface area (Å²) in [5, 5.41) is 33.8. The molecule has 1 saturated carbocycles. The van der Waals surface area contributed by atoms with E-state index in [-0.39, 0.29) is 54.8 Å². The molecule has 2 saturated heterocycles. The van der Waals surface area contributed by atoms with Crippen LogP contribution in [0.1, 0.15) is 126 Å². The molecule has 4 aliphatic rings. The van der Waals surface area contributed by atoms with Gasteiger partial charge in [-0.2, -0.15) is 0 Å². The van der Waals surface area contributed by atoms with Gasteiger partial charge < -0.3 is 43.9 Å².